The normalized spacial score (nSPS) is 25.9. The lowest BCUT2D eigenvalue weighted by Crippen LogP contribution is -2.03. The van der Waals surface area contributed by atoms with E-state index in [0.29, 0.717) is 18.8 Å². The van der Waals surface area contributed by atoms with Crippen molar-refractivity contribution in [2.24, 2.45) is 0 Å². The zero-order chi connectivity index (χ0) is 9.10. The van der Waals surface area contributed by atoms with Gasteiger partial charge in [-0.05, 0) is 12.5 Å². The van der Waals surface area contributed by atoms with Gasteiger partial charge in [-0.3, -0.25) is 0 Å². The highest BCUT2D eigenvalue weighted by atomic mass is 16.6. The van der Waals surface area contributed by atoms with Crippen LogP contribution in [0.25, 0.3) is 0 Å². The molecule has 0 amide bonds. The molecule has 0 unspecified atom stereocenters. The fraction of sp³-hybridized carbons (Fsp3) is 0.455. The van der Waals surface area contributed by atoms with E-state index < -0.39 is 0 Å². The van der Waals surface area contributed by atoms with Gasteiger partial charge in [-0.15, -0.1) is 0 Å². The first kappa shape index (κ1) is 8.73. The van der Waals surface area contributed by atoms with Gasteiger partial charge in [0.1, 0.15) is 6.10 Å². The molecule has 1 fully saturated rings. The van der Waals surface area contributed by atoms with E-state index in [-0.39, 0.29) is 0 Å². The van der Waals surface area contributed by atoms with Gasteiger partial charge in [0.05, 0.1) is 19.3 Å². The van der Waals surface area contributed by atoms with Gasteiger partial charge in [0.25, 0.3) is 0 Å². The smallest absolute Gasteiger partial charge is 0.107 e. The second-order valence-corrected chi connectivity index (χ2v) is 3.38. The molecular formula is C11H14O2. The summed E-state index contributed by atoms with van der Waals surface area (Å²) in [6, 6.07) is 10.2. The molecule has 0 radical (unpaired) electrons. The molecule has 2 rings (SSSR count). The van der Waals surface area contributed by atoms with Gasteiger partial charge in [0.2, 0.25) is 0 Å². The first-order chi connectivity index (χ1) is 6.36. The second kappa shape index (κ2) is 3.90. The molecule has 1 aliphatic rings. The summed E-state index contributed by atoms with van der Waals surface area (Å²) in [7, 11) is 0. The van der Waals surface area contributed by atoms with Crippen molar-refractivity contribution in [2.45, 2.75) is 25.7 Å². The summed E-state index contributed by atoms with van der Waals surface area (Å²) in [5.74, 6) is 0. The van der Waals surface area contributed by atoms with Crippen LogP contribution in [0.15, 0.2) is 30.3 Å². The molecule has 0 saturated carbocycles. The Morgan fingerprint density at radius 2 is 2.00 bits per heavy atom. The zero-order valence-electron chi connectivity index (χ0n) is 7.77. The predicted molar refractivity (Wildman–Crippen MR) is 50.4 cm³/mol. The number of epoxide rings is 1. The van der Waals surface area contributed by atoms with Crippen LogP contribution in [0.4, 0.5) is 0 Å². The Morgan fingerprint density at radius 3 is 2.62 bits per heavy atom. The highest BCUT2D eigenvalue weighted by molar-refractivity contribution is 5.13. The number of benzene rings is 1. The van der Waals surface area contributed by atoms with Crippen molar-refractivity contribution in [3.63, 3.8) is 0 Å². The number of hydrogen-bond acceptors (Lipinski definition) is 2. The molecule has 70 valence electrons. The average Bonchev–Trinajstić information content (AvgIpc) is 2.84. The van der Waals surface area contributed by atoms with Crippen LogP contribution in [-0.4, -0.2) is 18.8 Å². The largest absolute Gasteiger partial charge is 0.374 e. The van der Waals surface area contributed by atoms with E-state index in [1.807, 2.05) is 18.2 Å². The lowest BCUT2D eigenvalue weighted by Gasteiger charge is -2.01. The third-order valence-corrected chi connectivity index (χ3v) is 2.23. The summed E-state index contributed by atoms with van der Waals surface area (Å²) >= 11 is 0. The van der Waals surface area contributed by atoms with Crippen LogP contribution >= 0.6 is 0 Å². The Balaban J connectivity index is 1.68. The van der Waals surface area contributed by atoms with Crippen LogP contribution in [0.5, 0.6) is 0 Å². The third-order valence-electron chi connectivity index (χ3n) is 2.23. The van der Waals surface area contributed by atoms with Gasteiger partial charge < -0.3 is 9.47 Å². The molecule has 0 aliphatic carbocycles. The minimum absolute atomic E-state index is 0.337. The molecule has 1 aromatic rings. The molecule has 0 bridgehead atoms. The Hall–Kier alpha value is -0.860. The van der Waals surface area contributed by atoms with E-state index in [4.69, 9.17) is 9.47 Å². The predicted octanol–water partition coefficient (Wildman–Crippen LogP) is 1.99. The molecule has 13 heavy (non-hydrogen) atoms. The number of ether oxygens (including phenoxy) is 2. The Morgan fingerprint density at radius 1 is 1.31 bits per heavy atom. The third kappa shape index (κ3) is 2.54. The maximum Gasteiger partial charge on any atom is 0.107 e. The second-order valence-electron chi connectivity index (χ2n) is 3.38. The minimum atomic E-state index is 0.337. The quantitative estimate of drug-likeness (QED) is 0.658. The van der Waals surface area contributed by atoms with Gasteiger partial charge >= 0.3 is 0 Å². The topological polar surface area (TPSA) is 21.8 Å². The van der Waals surface area contributed by atoms with Crippen molar-refractivity contribution in [2.75, 3.05) is 6.61 Å². The monoisotopic (exact) mass is 178 g/mol. The molecular weight excluding hydrogens is 164 g/mol. The van der Waals surface area contributed by atoms with Crippen LogP contribution in [0, 0.1) is 0 Å². The van der Waals surface area contributed by atoms with E-state index in [0.717, 1.165) is 6.61 Å². The van der Waals surface area contributed by atoms with Crippen molar-refractivity contribution in [3.05, 3.63) is 35.9 Å². The molecule has 1 aliphatic heterocycles. The molecule has 1 saturated heterocycles. The fourth-order valence-corrected chi connectivity index (χ4v) is 1.27. The standard InChI is InChI=1S/C11H14O2/c1-9-11(13-9)8-12-7-10-5-3-2-4-6-10/h2-6,9,11H,7-8H2,1H3/t9-,11-/m0/s1. The highest BCUT2D eigenvalue weighted by Crippen LogP contribution is 2.21. The lowest BCUT2D eigenvalue weighted by atomic mass is 10.2. The van der Waals surface area contributed by atoms with E-state index >= 15 is 0 Å². The van der Waals surface area contributed by atoms with Crippen molar-refractivity contribution in [1.82, 2.24) is 0 Å². The van der Waals surface area contributed by atoms with Gasteiger partial charge in [0.15, 0.2) is 0 Å². The summed E-state index contributed by atoms with van der Waals surface area (Å²) < 4.78 is 10.7. The van der Waals surface area contributed by atoms with Crippen molar-refractivity contribution < 1.29 is 9.47 Å². The number of hydrogen-bond donors (Lipinski definition) is 0. The summed E-state index contributed by atoms with van der Waals surface area (Å²) in [6.07, 6.45) is 0.736. The van der Waals surface area contributed by atoms with Crippen molar-refractivity contribution in [3.8, 4) is 0 Å². The van der Waals surface area contributed by atoms with Gasteiger partial charge in [-0.2, -0.15) is 0 Å². The molecule has 2 heteroatoms. The zero-order valence-corrected chi connectivity index (χ0v) is 7.77. The van der Waals surface area contributed by atoms with Crippen LogP contribution in [0.2, 0.25) is 0 Å². The SMILES string of the molecule is C[C@@H]1O[C@H]1COCc1ccccc1. The molecule has 2 atom stereocenters. The summed E-state index contributed by atoms with van der Waals surface area (Å²) in [5, 5.41) is 0. The Bertz CT molecular complexity index is 258. The van der Waals surface area contributed by atoms with E-state index in [1.54, 1.807) is 0 Å². The maximum atomic E-state index is 5.49. The minimum Gasteiger partial charge on any atom is -0.374 e. The van der Waals surface area contributed by atoms with E-state index in [1.165, 1.54) is 5.56 Å². The Labute approximate surface area is 78.5 Å². The van der Waals surface area contributed by atoms with Crippen molar-refractivity contribution in [1.29, 1.82) is 0 Å². The van der Waals surface area contributed by atoms with Gasteiger partial charge in [0, 0.05) is 0 Å². The molecule has 0 spiro atoms. The van der Waals surface area contributed by atoms with Crippen LogP contribution < -0.4 is 0 Å². The summed E-state index contributed by atoms with van der Waals surface area (Å²) in [6.45, 7) is 3.47. The van der Waals surface area contributed by atoms with E-state index in [2.05, 4.69) is 19.1 Å². The first-order valence-corrected chi connectivity index (χ1v) is 4.63. The molecule has 0 aromatic heterocycles. The molecule has 1 aromatic carbocycles. The van der Waals surface area contributed by atoms with Gasteiger partial charge in [-0.25, -0.2) is 0 Å². The molecule has 2 nitrogen and oxygen atoms in total. The fourth-order valence-electron chi connectivity index (χ4n) is 1.27. The molecule has 0 N–H and O–H groups in total. The van der Waals surface area contributed by atoms with Crippen LogP contribution in [0.3, 0.4) is 0 Å². The highest BCUT2D eigenvalue weighted by Gasteiger charge is 2.33. The van der Waals surface area contributed by atoms with Crippen LogP contribution in [0.1, 0.15) is 12.5 Å². The van der Waals surface area contributed by atoms with Crippen LogP contribution in [-0.2, 0) is 16.1 Å². The summed E-state index contributed by atoms with van der Waals surface area (Å²) in [5.41, 5.74) is 1.22. The maximum absolute atomic E-state index is 5.49. The summed E-state index contributed by atoms with van der Waals surface area (Å²) in [4.78, 5) is 0. The average molecular weight is 178 g/mol. The number of rotatable bonds is 4. The van der Waals surface area contributed by atoms with E-state index in [9.17, 15) is 0 Å². The van der Waals surface area contributed by atoms with Crippen molar-refractivity contribution >= 4 is 0 Å². The lowest BCUT2D eigenvalue weighted by molar-refractivity contribution is 0.104. The first-order valence-electron chi connectivity index (χ1n) is 4.63. The molecule has 1 heterocycles. The Kier molecular flexibility index (Phi) is 2.62. The van der Waals surface area contributed by atoms with Gasteiger partial charge in [-0.1, -0.05) is 30.3 Å².